The summed E-state index contributed by atoms with van der Waals surface area (Å²) in [5, 5.41) is 6.50. The zero-order valence-electron chi connectivity index (χ0n) is 11.6. The second-order valence-electron chi connectivity index (χ2n) is 5.33. The maximum Gasteiger partial charge on any atom is 0.239 e. The molecule has 1 aromatic rings. The summed E-state index contributed by atoms with van der Waals surface area (Å²) < 4.78 is 4.92. The van der Waals surface area contributed by atoms with E-state index in [1.54, 1.807) is 13.0 Å². The molecule has 3 N–H and O–H groups in total. The Bertz CT molecular complexity index is 432. The lowest BCUT2D eigenvalue weighted by Crippen LogP contribution is -2.47. The number of hydrogen-bond acceptors (Lipinski definition) is 5. The smallest absolute Gasteiger partial charge is 0.239 e. The number of nitrogens with one attached hydrogen (secondary N) is 1. The fourth-order valence-corrected chi connectivity index (χ4v) is 2.47. The Hall–Kier alpha value is -1.40. The Morgan fingerprint density at radius 1 is 1.63 bits per heavy atom. The van der Waals surface area contributed by atoms with Crippen LogP contribution in [0.5, 0.6) is 0 Å². The molecule has 1 aromatic heterocycles. The standard InChI is InChI=1S/C13H22N4O2/c1-9-3-4-11(6-14)7-17(9)8-13(18)15-12-5-10(2)19-16-12/h5,9,11H,3-4,6-8,14H2,1-2H3,(H,15,16,18). The van der Waals surface area contributed by atoms with E-state index in [4.69, 9.17) is 10.3 Å². The highest BCUT2D eigenvalue weighted by atomic mass is 16.5. The number of aryl methyl sites for hydroxylation is 1. The van der Waals surface area contributed by atoms with Crippen LogP contribution < -0.4 is 11.1 Å². The number of nitrogens with two attached hydrogens (primary N) is 1. The molecule has 2 heterocycles. The minimum Gasteiger partial charge on any atom is -0.360 e. The minimum absolute atomic E-state index is 0.0576. The number of carbonyl (C=O) groups excluding carboxylic acids is 1. The van der Waals surface area contributed by atoms with Crippen molar-refractivity contribution in [1.82, 2.24) is 10.1 Å². The zero-order chi connectivity index (χ0) is 13.8. The summed E-state index contributed by atoms with van der Waals surface area (Å²) in [6.45, 7) is 5.90. The maximum absolute atomic E-state index is 12.0. The van der Waals surface area contributed by atoms with Crippen LogP contribution in [0.2, 0.25) is 0 Å². The number of carbonyl (C=O) groups is 1. The first-order chi connectivity index (χ1) is 9.08. The van der Waals surface area contributed by atoms with Crippen molar-refractivity contribution < 1.29 is 9.32 Å². The van der Waals surface area contributed by atoms with Gasteiger partial charge in [0.05, 0.1) is 6.54 Å². The fraction of sp³-hybridized carbons (Fsp3) is 0.692. The van der Waals surface area contributed by atoms with Gasteiger partial charge in [-0.1, -0.05) is 5.16 Å². The van der Waals surface area contributed by atoms with Gasteiger partial charge in [-0.15, -0.1) is 0 Å². The van der Waals surface area contributed by atoms with E-state index in [9.17, 15) is 4.79 Å². The number of amides is 1. The highest BCUT2D eigenvalue weighted by Gasteiger charge is 2.26. The molecule has 0 spiro atoms. The average molecular weight is 266 g/mol. The van der Waals surface area contributed by atoms with E-state index in [1.807, 2.05) is 0 Å². The van der Waals surface area contributed by atoms with Gasteiger partial charge in [-0.25, -0.2) is 0 Å². The normalized spacial score (nSPS) is 24.4. The Morgan fingerprint density at radius 3 is 3.05 bits per heavy atom. The largest absolute Gasteiger partial charge is 0.360 e. The van der Waals surface area contributed by atoms with E-state index in [0.29, 0.717) is 36.6 Å². The van der Waals surface area contributed by atoms with Crippen LogP contribution in [0, 0.1) is 12.8 Å². The summed E-state index contributed by atoms with van der Waals surface area (Å²) in [5.41, 5.74) is 5.72. The molecule has 1 fully saturated rings. The number of rotatable bonds is 4. The van der Waals surface area contributed by atoms with E-state index in [2.05, 4.69) is 22.3 Å². The molecule has 1 amide bonds. The maximum atomic E-state index is 12.0. The molecule has 2 rings (SSSR count). The van der Waals surface area contributed by atoms with Crippen LogP contribution in [0.3, 0.4) is 0 Å². The summed E-state index contributed by atoms with van der Waals surface area (Å²) >= 11 is 0. The molecule has 6 heteroatoms. The first-order valence-electron chi connectivity index (χ1n) is 6.75. The number of aromatic nitrogens is 1. The summed E-state index contributed by atoms with van der Waals surface area (Å²) in [5.74, 6) is 1.60. The quantitative estimate of drug-likeness (QED) is 0.848. The number of anilines is 1. The molecule has 6 nitrogen and oxygen atoms in total. The molecule has 0 radical (unpaired) electrons. The summed E-state index contributed by atoms with van der Waals surface area (Å²) in [6, 6.07) is 2.13. The molecule has 19 heavy (non-hydrogen) atoms. The lowest BCUT2D eigenvalue weighted by molar-refractivity contribution is -0.118. The van der Waals surface area contributed by atoms with Gasteiger partial charge in [-0.05, 0) is 39.2 Å². The molecular weight excluding hydrogens is 244 g/mol. The summed E-state index contributed by atoms with van der Waals surface area (Å²) in [6.07, 6.45) is 2.25. The van der Waals surface area contributed by atoms with Gasteiger partial charge in [-0.2, -0.15) is 0 Å². The van der Waals surface area contributed by atoms with E-state index < -0.39 is 0 Å². The van der Waals surface area contributed by atoms with E-state index in [1.165, 1.54) is 0 Å². The SMILES string of the molecule is Cc1cc(NC(=O)CN2CC(CN)CCC2C)no1. The van der Waals surface area contributed by atoms with Crippen LogP contribution >= 0.6 is 0 Å². The monoisotopic (exact) mass is 266 g/mol. The second kappa shape index (κ2) is 6.16. The van der Waals surface area contributed by atoms with Crippen LogP contribution in [0.1, 0.15) is 25.5 Å². The van der Waals surface area contributed by atoms with Gasteiger partial charge in [0.1, 0.15) is 5.76 Å². The lowest BCUT2D eigenvalue weighted by Gasteiger charge is -2.37. The average Bonchev–Trinajstić information content (AvgIpc) is 2.77. The Morgan fingerprint density at radius 2 is 2.42 bits per heavy atom. The highest BCUT2D eigenvalue weighted by molar-refractivity contribution is 5.91. The van der Waals surface area contributed by atoms with Gasteiger partial charge in [0.25, 0.3) is 0 Å². The van der Waals surface area contributed by atoms with Gasteiger partial charge in [0, 0.05) is 18.7 Å². The molecule has 106 valence electrons. The summed E-state index contributed by atoms with van der Waals surface area (Å²) in [7, 11) is 0. The van der Waals surface area contributed by atoms with Gasteiger partial charge >= 0.3 is 0 Å². The summed E-state index contributed by atoms with van der Waals surface area (Å²) in [4.78, 5) is 14.1. The van der Waals surface area contributed by atoms with Crippen LogP contribution in [0.15, 0.2) is 10.6 Å². The van der Waals surface area contributed by atoms with Crippen molar-refractivity contribution in [1.29, 1.82) is 0 Å². The predicted octanol–water partition coefficient (Wildman–Crippen LogP) is 0.981. The first kappa shape index (κ1) is 14.0. The Labute approximate surface area is 113 Å². The molecular formula is C13H22N4O2. The molecule has 1 aliphatic rings. The number of hydrogen-bond donors (Lipinski definition) is 2. The molecule has 2 atom stereocenters. The van der Waals surface area contributed by atoms with E-state index in [0.717, 1.165) is 19.4 Å². The predicted molar refractivity (Wildman–Crippen MR) is 72.7 cm³/mol. The van der Waals surface area contributed by atoms with Crippen molar-refractivity contribution in [3.05, 3.63) is 11.8 Å². The van der Waals surface area contributed by atoms with E-state index >= 15 is 0 Å². The van der Waals surface area contributed by atoms with Crippen molar-refractivity contribution in [3.8, 4) is 0 Å². The third-order valence-corrected chi connectivity index (χ3v) is 3.68. The Balaban J connectivity index is 1.86. The van der Waals surface area contributed by atoms with Crippen molar-refractivity contribution >= 4 is 11.7 Å². The third-order valence-electron chi connectivity index (χ3n) is 3.68. The van der Waals surface area contributed by atoms with Crippen LogP contribution in [-0.2, 0) is 4.79 Å². The molecule has 1 saturated heterocycles. The van der Waals surface area contributed by atoms with Crippen molar-refractivity contribution in [2.45, 2.75) is 32.7 Å². The Kier molecular flexibility index (Phi) is 4.55. The number of piperidine rings is 1. The van der Waals surface area contributed by atoms with Gasteiger partial charge in [0.2, 0.25) is 5.91 Å². The fourth-order valence-electron chi connectivity index (χ4n) is 2.47. The van der Waals surface area contributed by atoms with Crippen LogP contribution in [0.4, 0.5) is 5.82 Å². The van der Waals surface area contributed by atoms with Gasteiger partial charge in [0.15, 0.2) is 5.82 Å². The first-order valence-corrected chi connectivity index (χ1v) is 6.75. The lowest BCUT2D eigenvalue weighted by atomic mass is 9.93. The van der Waals surface area contributed by atoms with Gasteiger partial charge < -0.3 is 15.6 Å². The molecule has 1 aliphatic heterocycles. The highest BCUT2D eigenvalue weighted by Crippen LogP contribution is 2.20. The van der Waals surface area contributed by atoms with Crippen molar-refractivity contribution in [3.63, 3.8) is 0 Å². The van der Waals surface area contributed by atoms with Crippen LogP contribution in [-0.4, -0.2) is 41.6 Å². The minimum atomic E-state index is -0.0576. The van der Waals surface area contributed by atoms with Gasteiger partial charge in [-0.3, -0.25) is 9.69 Å². The molecule has 0 aliphatic carbocycles. The third kappa shape index (κ3) is 3.78. The molecule has 0 bridgehead atoms. The molecule has 0 aromatic carbocycles. The van der Waals surface area contributed by atoms with Crippen molar-refractivity contribution in [2.24, 2.45) is 11.7 Å². The van der Waals surface area contributed by atoms with Crippen molar-refractivity contribution in [2.75, 3.05) is 25.0 Å². The van der Waals surface area contributed by atoms with E-state index in [-0.39, 0.29) is 5.91 Å². The zero-order valence-corrected chi connectivity index (χ0v) is 11.6. The van der Waals surface area contributed by atoms with Crippen LogP contribution in [0.25, 0.3) is 0 Å². The topological polar surface area (TPSA) is 84.4 Å². The number of nitrogens with zero attached hydrogens (tertiary/aromatic N) is 2. The molecule has 2 unspecified atom stereocenters. The molecule has 0 saturated carbocycles. The number of likely N-dealkylation sites (tertiary alicyclic amines) is 1. The second-order valence-corrected chi connectivity index (χ2v) is 5.33.